The second-order valence-electron chi connectivity index (χ2n) is 23.9. The maximum absolute atomic E-state index is 13.5. The van der Waals surface area contributed by atoms with Gasteiger partial charge in [-0.05, 0) is 70.6 Å². The number of carbonyl (C=O) groups is 2. The molecule has 1 heterocycles. The van der Waals surface area contributed by atoms with Gasteiger partial charge in [-0.1, -0.05) is 306 Å². The fourth-order valence-corrected chi connectivity index (χ4v) is 10.7. The van der Waals surface area contributed by atoms with Gasteiger partial charge in [0.15, 0.2) is 12.4 Å². The van der Waals surface area contributed by atoms with Gasteiger partial charge in [0.05, 0.1) is 25.4 Å². The van der Waals surface area contributed by atoms with Crippen LogP contribution in [0.3, 0.4) is 0 Å². The van der Waals surface area contributed by atoms with E-state index >= 15 is 0 Å². The number of allylic oxidation sites excluding steroid dienone is 11. The fourth-order valence-electron chi connectivity index (χ4n) is 10.7. The third kappa shape index (κ3) is 46.9. The molecule has 1 amide bonds. The first-order valence-electron chi connectivity index (χ1n) is 34.7. The lowest BCUT2D eigenvalue weighted by Gasteiger charge is -2.41. The lowest BCUT2D eigenvalue weighted by Crippen LogP contribution is -2.61. The van der Waals surface area contributed by atoms with Crippen LogP contribution in [0.25, 0.3) is 0 Å². The molecule has 11 heteroatoms. The summed E-state index contributed by atoms with van der Waals surface area (Å²) in [4.78, 5) is 26.7. The minimum Gasteiger partial charge on any atom is -0.454 e. The lowest BCUT2D eigenvalue weighted by atomic mass is 9.99. The summed E-state index contributed by atoms with van der Waals surface area (Å²) in [5, 5.41) is 57.2. The Bertz CT molecular complexity index is 1630. The van der Waals surface area contributed by atoms with Crippen LogP contribution in [0.1, 0.15) is 310 Å². The highest BCUT2D eigenvalue weighted by Crippen LogP contribution is 2.26. The second-order valence-corrected chi connectivity index (χ2v) is 23.9. The molecule has 1 aliphatic heterocycles. The summed E-state index contributed by atoms with van der Waals surface area (Å²) in [6.07, 6.45) is 66.5. The first-order valence-corrected chi connectivity index (χ1v) is 34.7. The van der Waals surface area contributed by atoms with Crippen LogP contribution in [0.4, 0.5) is 0 Å². The minimum atomic E-state index is -1.62. The summed E-state index contributed by atoms with van der Waals surface area (Å²) >= 11 is 0. The average Bonchev–Trinajstić information content (AvgIpc) is 3.58. The molecule has 0 bridgehead atoms. The van der Waals surface area contributed by atoms with E-state index in [9.17, 15) is 35.1 Å². The van der Waals surface area contributed by atoms with Crippen molar-refractivity contribution >= 4 is 11.9 Å². The van der Waals surface area contributed by atoms with Gasteiger partial charge in [0, 0.05) is 6.42 Å². The van der Waals surface area contributed by atoms with Crippen LogP contribution in [-0.2, 0) is 23.8 Å². The number of esters is 1. The van der Waals surface area contributed by atoms with Gasteiger partial charge >= 0.3 is 5.97 Å². The summed E-state index contributed by atoms with van der Waals surface area (Å²) in [7, 11) is 0. The van der Waals surface area contributed by atoms with E-state index in [2.05, 4.69) is 86.8 Å². The van der Waals surface area contributed by atoms with Gasteiger partial charge in [-0.25, -0.2) is 0 Å². The number of amides is 1. The molecule has 11 nitrogen and oxygen atoms in total. The summed E-state index contributed by atoms with van der Waals surface area (Å²) in [6, 6.07) is -1.03. The summed E-state index contributed by atoms with van der Waals surface area (Å²) < 4.78 is 17.7. The van der Waals surface area contributed by atoms with Crippen molar-refractivity contribution in [3.8, 4) is 0 Å². The highest BCUT2D eigenvalue weighted by molar-refractivity contribution is 5.80. The van der Waals surface area contributed by atoms with Crippen molar-refractivity contribution in [3.05, 3.63) is 72.9 Å². The number of aliphatic hydroxyl groups excluding tert-OH is 5. The molecule has 1 fully saturated rings. The molecule has 83 heavy (non-hydrogen) atoms. The molecule has 1 saturated heterocycles. The first-order chi connectivity index (χ1) is 40.7. The van der Waals surface area contributed by atoms with Gasteiger partial charge in [-0.3, -0.25) is 9.59 Å². The number of rotatable bonds is 59. The Hall–Kier alpha value is -2.90. The van der Waals surface area contributed by atoms with E-state index in [0.717, 1.165) is 103 Å². The maximum atomic E-state index is 13.5. The van der Waals surface area contributed by atoms with Gasteiger partial charge in [-0.2, -0.15) is 0 Å². The SMILES string of the molecule is CC/C=C\C/C=C\C/C=C\C/C=C\C/C=C\CCCCCCCCCCCC(=O)OC1C(OCC(NC(=O)C(O)CCCCCCCCCCCCCCCCCC)C(O)/C=C/CCCCCCCCCCCCC)OC(CO)C(O)C1O. The minimum absolute atomic E-state index is 0.115. The van der Waals surface area contributed by atoms with Crippen molar-refractivity contribution in [2.45, 2.75) is 359 Å². The molecule has 8 atom stereocenters. The van der Waals surface area contributed by atoms with Crippen LogP contribution in [-0.4, -0.2) is 99.6 Å². The zero-order chi connectivity index (χ0) is 60.3. The van der Waals surface area contributed by atoms with Crippen LogP contribution in [0, 0.1) is 0 Å². The maximum Gasteiger partial charge on any atom is 0.306 e. The lowest BCUT2D eigenvalue weighted by molar-refractivity contribution is -0.305. The van der Waals surface area contributed by atoms with Gasteiger partial charge in [-0.15, -0.1) is 0 Å². The first kappa shape index (κ1) is 78.1. The van der Waals surface area contributed by atoms with Crippen LogP contribution in [0.2, 0.25) is 0 Å². The predicted octanol–water partition coefficient (Wildman–Crippen LogP) is 17.5. The van der Waals surface area contributed by atoms with E-state index in [1.54, 1.807) is 6.08 Å². The fraction of sp³-hybridized carbons (Fsp3) is 0.806. The number of ether oxygens (including phenoxy) is 3. The largest absolute Gasteiger partial charge is 0.454 e. The number of carbonyl (C=O) groups excluding carboxylic acids is 2. The van der Waals surface area contributed by atoms with E-state index in [-0.39, 0.29) is 13.0 Å². The molecule has 0 aromatic rings. The highest BCUT2D eigenvalue weighted by Gasteiger charge is 2.47. The van der Waals surface area contributed by atoms with E-state index in [0.29, 0.717) is 19.3 Å². The van der Waals surface area contributed by atoms with Crippen molar-refractivity contribution in [1.82, 2.24) is 5.32 Å². The molecule has 1 rings (SSSR count). The summed E-state index contributed by atoms with van der Waals surface area (Å²) in [6.45, 7) is 5.71. The molecule has 482 valence electrons. The number of nitrogens with one attached hydrogen (secondary N) is 1. The van der Waals surface area contributed by atoms with Crippen molar-refractivity contribution < 1.29 is 49.3 Å². The average molecular weight is 1170 g/mol. The molecule has 0 aliphatic carbocycles. The molecular formula is C72H129NO10. The van der Waals surface area contributed by atoms with Crippen molar-refractivity contribution in [2.24, 2.45) is 0 Å². The Morgan fingerprint density at radius 2 is 0.867 bits per heavy atom. The Kier molecular flexibility index (Phi) is 55.9. The molecule has 6 N–H and O–H groups in total. The third-order valence-electron chi connectivity index (χ3n) is 16.1. The predicted molar refractivity (Wildman–Crippen MR) is 347 cm³/mol. The van der Waals surface area contributed by atoms with E-state index < -0.39 is 67.4 Å². The molecule has 0 saturated carbocycles. The third-order valence-corrected chi connectivity index (χ3v) is 16.1. The Labute approximate surface area is 509 Å². The Balaban J connectivity index is 2.60. The number of hydrogen-bond acceptors (Lipinski definition) is 10. The standard InChI is InChI=1S/C72H129NO10/c1-4-7-10-13-16-19-22-25-27-29-30-31-32-33-34-35-36-37-39-42-45-48-51-54-57-60-67(77)83-70-69(79)68(78)66(61-74)82-72(70)81-62-63(64(75)58-55-52-49-46-43-40-24-21-18-15-12-9-6-3)73-71(80)65(76)59-56-53-50-47-44-41-38-28-26-23-20-17-14-11-8-5-2/h7,10,16,19,25,27,30-31,33-34,55,58,63-66,68-70,72,74-76,78-79H,4-6,8-9,11-15,17-18,20-24,26,28-29,32,35-54,56-57,59-62H2,1-3H3,(H,73,80)/b10-7-,19-16-,27-25-,31-30-,34-33-,58-55+. The number of unbranched alkanes of at least 4 members (excludes halogenated alkanes) is 35. The normalized spacial score (nSPS) is 19.0. The van der Waals surface area contributed by atoms with Gasteiger partial charge in [0.2, 0.25) is 5.91 Å². The molecule has 1 aliphatic rings. The van der Waals surface area contributed by atoms with Crippen LogP contribution >= 0.6 is 0 Å². The summed E-state index contributed by atoms with van der Waals surface area (Å²) in [5.74, 6) is -1.19. The molecule has 0 radical (unpaired) electrons. The molecule has 8 unspecified atom stereocenters. The number of hydrogen-bond donors (Lipinski definition) is 6. The summed E-state index contributed by atoms with van der Waals surface area (Å²) in [5.41, 5.74) is 0. The topological polar surface area (TPSA) is 175 Å². The monoisotopic (exact) mass is 1170 g/mol. The van der Waals surface area contributed by atoms with Crippen molar-refractivity contribution in [3.63, 3.8) is 0 Å². The zero-order valence-corrected chi connectivity index (χ0v) is 53.6. The smallest absolute Gasteiger partial charge is 0.306 e. The highest BCUT2D eigenvalue weighted by atomic mass is 16.7. The van der Waals surface area contributed by atoms with Gasteiger partial charge < -0.3 is 45.1 Å². The second kappa shape index (κ2) is 59.4. The van der Waals surface area contributed by atoms with Crippen LogP contribution < -0.4 is 5.32 Å². The Morgan fingerprint density at radius 3 is 1.30 bits per heavy atom. The molecule has 0 spiro atoms. The molecular weight excluding hydrogens is 1040 g/mol. The van der Waals surface area contributed by atoms with Crippen LogP contribution in [0.15, 0.2) is 72.9 Å². The molecule has 0 aromatic heterocycles. The van der Waals surface area contributed by atoms with Gasteiger partial charge in [0.25, 0.3) is 0 Å². The van der Waals surface area contributed by atoms with Gasteiger partial charge in [0.1, 0.15) is 24.4 Å². The van der Waals surface area contributed by atoms with Crippen LogP contribution in [0.5, 0.6) is 0 Å². The number of aliphatic hydroxyl groups is 5. The zero-order valence-electron chi connectivity index (χ0n) is 53.6. The van der Waals surface area contributed by atoms with E-state index in [4.69, 9.17) is 14.2 Å². The van der Waals surface area contributed by atoms with E-state index in [1.807, 2.05) is 6.08 Å². The van der Waals surface area contributed by atoms with E-state index in [1.165, 1.54) is 161 Å². The molecule has 0 aromatic carbocycles. The van der Waals surface area contributed by atoms with Crippen molar-refractivity contribution in [1.29, 1.82) is 0 Å². The quantitative estimate of drug-likeness (QED) is 0.0195. The van der Waals surface area contributed by atoms with Crippen molar-refractivity contribution in [2.75, 3.05) is 13.2 Å². The Morgan fingerprint density at radius 1 is 0.482 bits per heavy atom.